The maximum atomic E-state index is 2.33. The molecule has 1 aromatic heterocycles. The van der Waals surface area contributed by atoms with E-state index in [1.54, 1.807) is 0 Å². The summed E-state index contributed by atoms with van der Waals surface area (Å²) < 4.78 is 2.33. The molecule has 0 aromatic carbocycles. The van der Waals surface area contributed by atoms with Crippen LogP contribution in [0.25, 0.3) is 0 Å². The molecule has 0 aliphatic rings. The summed E-state index contributed by atoms with van der Waals surface area (Å²) in [6.07, 6.45) is 4.34. The summed E-state index contributed by atoms with van der Waals surface area (Å²) in [5, 5.41) is 0. The molecule has 0 aliphatic carbocycles. The number of rotatable bonds is 1. The van der Waals surface area contributed by atoms with Crippen molar-refractivity contribution in [2.24, 2.45) is 10.8 Å². The Morgan fingerprint density at radius 2 is 1.14 bits per heavy atom. The SMILES string of the molecule is CC(C)(C)C(n1cccc1)C(C)(C)C. The Morgan fingerprint density at radius 3 is 1.43 bits per heavy atom. The van der Waals surface area contributed by atoms with Gasteiger partial charge in [-0.1, -0.05) is 41.5 Å². The first kappa shape index (κ1) is 11.4. The second kappa shape index (κ2) is 3.45. The van der Waals surface area contributed by atoms with Gasteiger partial charge in [0.1, 0.15) is 0 Å². The van der Waals surface area contributed by atoms with Gasteiger partial charge in [-0.25, -0.2) is 0 Å². The first-order valence-corrected chi connectivity index (χ1v) is 5.35. The van der Waals surface area contributed by atoms with E-state index < -0.39 is 0 Å². The highest BCUT2D eigenvalue weighted by Crippen LogP contribution is 2.43. The van der Waals surface area contributed by atoms with Crippen molar-refractivity contribution in [3.63, 3.8) is 0 Å². The molecular weight excluding hydrogens is 170 g/mol. The van der Waals surface area contributed by atoms with Crippen molar-refractivity contribution in [1.82, 2.24) is 4.57 Å². The lowest BCUT2D eigenvalue weighted by Gasteiger charge is -2.41. The molecule has 1 heteroatoms. The van der Waals surface area contributed by atoms with Gasteiger partial charge in [0, 0.05) is 18.4 Å². The van der Waals surface area contributed by atoms with Gasteiger partial charge in [0.15, 0.2) is 0 Å². The average molecular weight is 193 g/mol. The Bertz CT molecular complexity index is 255. The minimum atomic E-state index is 0.289. The molecule has 1 rings (SSSR count). The van der Waals surface area contributed by atoms with Gasteiger partial charge >= 0.3 is 0 Å². The zero-order valence-electron chi connectivity index (χ0n) is 10.3. The molecule has 0 N–H and O–H groups in total. The molecular formula is C13H23N. The first-order valence-electron chi connectivity index (χ1n) is 5.35. The Balaban J connectivity index is 3.08. The van der Waals surface area contributed by atoms with Gasteiger partial charge in [-0.15, -0.1) is 0 Å². The van der Waals surface area contributed by atoms with Gasteiger partial charge in [-0.05, 0) is 23.0 Å². The molecule has 0 fully saturated rings. The van der Waals surface area contributed by atoms with Gasteiger partial charge in [-0.2, -0.15) is 0 Å². The lowest BCUT2D eigenvalue weighted by molar-refractivity contribution is 0.111. The van der Waals surface area contributed by atoms with Crippen LogP contribution in [0.5, 0.6) is 0 Å². The standard InChI is InChI=1S/C13H23N/c1-12(2,3)11(13(4,5)6)14-9-7-8-10-14/h7-11H,1-6H3. The summed E-state index contributed by atoms with van der Waals surface area (Å²) >= 11 is 0. The van der Waals surface area contributed by atoms with Gasteiger partial charge in [0.2, 0.25) is 0 Å². The second-order valence-electron chi connectivity index (χ2n) is 6.26. The molecule has 80 valence electrons. The van der Waals surface area contributed by atoms with E-state index >= 15 is 0 Å². The van der Waals surface area contributed by atoms with Crippen LogP contribution >= 0.6 is 0 Å². The van der Waals surface area contributed by atoms with Gasteiger partial charge in [0.05, 0.1) is 0 Å². The van der Waals surface area contributed by atoms with Crippen LogP contribution in [0.15, 0.2) is 24.5 Å². The monoisotopic (exact) mass is 193 g/mol. The minimum Gasteiger partial charge on any atom is -0.350 e. The van der Waals surface area contributed by atoms with Crippen LogP contribution in [0.4, 0.5) is 0 Å². The maximum Gasteiger partial charge on any atom is 0.0427 e. The quantitative estimate of drug-likeness (QED) is 0.632. The Morgan fingerprint density at radius 1 is 0.786 bits per heavy atom. The highest BCUT2D eigenvalue weighted by atomic mass is 15.0. The molecule has 0 aliphatic heterocycles. The molecule has 0 saturated heterocycles. The highest BCUT2D eigenvalue weighted by Gasteiger charge is 2.35. The van der Waals surface area contributed by atoms with E-state index in [2.05, 4.69) is 70.6 Å². The van der Waals surface area contributed by atoms with E-state index in [-0.39, 0.29) is 10.8 Å². The third-order valence-electron chi connectivity index (χ3n) is 2.57. The van der Waals surface area contributed by atoms with Crippen LogP contribution in [0.3, 0.4) is 0 Å². The summed E-state index contributed by atoms with van der Waals surface area (Å²) in [5.74, 6) is 0. The lowest BCUT2D eigenvalue weighted by Crippen LogP contribution is -2.34. The fourth-order valence-electron chi connectivity index (χ4n) is 2.71. The number of hydrogen-bond donors (Lipinski definition) is 0. The normalized spacial score (nSPS) is 13.6. The topological polar surface area (TPSA) is 4.93 Å². The summed E-state index contributed by atoms with van der Waals surface area (Å²) in [7, 11) is 0. The molecule has 14 heavy (non-hydrogen) atoms. The maximum absolute atomic E-state index is 2.33. The largest absolute Gasteiger partial charge is 0.350 e. The Labute approximate surface area is 88.1 Å². The molecule has 0 atom stereocenters. The van der Waals surface area contributed by atoms with Crippen molar-refractivity contribution in [3.05, 3.63) is 24.5 Å². The van der Waals surface area contributed by atoms with E-state index in [9.17, 15) is 0 Å². The van der Waals surface area contributed by atoms with Crippen LogP contribution in [0, 0.1) is 10.8 Å². The van der Waals surface area contributed by atoms with Gasteiger partial charge < -0.3 is 4.57 Å². The summed E-state index contributed by atoms with van der Waals surface area (Å²) in [6.45, 7) is 13.9. The third-order valence-corrected chi connectivity index (χ3v) is 2.57. The minimum absolute atomic E-state index is 0.289. The van der Waals surface area contributed by atoms with Crippen LogP contribution in [0.2, 0.25) is 0 Å². The molecule has 1 aromatic rings. The summed E-state index contributed by atoms with van der Waals surface area (Å²) in [6, 6.07) is 4.74. The van der Waals surface area contributed by atoms with Gasteiger partial charge in [-0.3, -0.25) is 0 Å². The molecule has 0 spiro atoms. The van der Waals surface area contributed by atoms with Crippen molar-refractivity contribution in [1.29, 1.82) is 0 Å². The predicted molar refractivity (Wildman–Crippen MR) is 62.4 cm³/mol. The van der Waals surface area contributed by atoms with Gasteiger partial charge in [0.25, 0.3) is 0 Å². The molecule has 0 saturated carbocycles. The van der Waals surface area contributed by atoms with E-state index in [1.807, 2.05) is 0 Å². The fourth-order valence-corrected chi connectivity index (χ4v) is 2.71. The Kier molecular flexibility index (Phi) is 2.80. The zero-order chi connectivity index (χ0) is 11.0. The van der Waals surface area contributed by atoms with E-state index in [1.165, 1.54) is 0 Å². The summed E-state index contributed by atoms with van der Waals surface area (Å²) in [5.41, 5.74) is 0.578. The molecule has 1 nitrogen and oxygen atoms in total. The van der Waals surface area contributed by atoms with Crippen molar-refractivity contribution in [3.8, 4) is 0 Å². The zero-order valence-corrected chi connectivity index (χ0v) is 10.3. The Hall–Kier alpha value is -0.720. The summed E-state index contributed by atoms with van der Waals surface area (Å²) in [4.78, 5) is 0. The fraction of sp³-hybridized carbons (Fsp3) is 0.692. The van der Waals surface area contributed by atoms with Crippen molar-refractivity contribution >= 4 is 0 Å². The molecule has 0 unspecified atom stereocenters. The predicted octanol–water partition coefficient (Wildman–Crippen LogP) is 4.12. The van der Waals surface area contributed by atoms with Crippen LogP contribution in [-0.4, -0.2) is 4.57 Å². The molecule has 0 amide bonds. The van der Waals surface area contributed by atoms with Crippen molar-refractivity contribution in [2.45, 2.75) is 47.6 Å². The van der Waals surface area contributed by atoms with Crippen LogP contribution < -0.4 is 0 Å². The molecule has 1 heterocycles. The van der Waals surface area contributed by atoms with Crippen LogP contribution in [0.1, 0.15) is 47.6 Å². The number of nitrogens with zero attached hydrogens (tertiary/aromatic N) is 1. The van der Waals surface area contributed by atoms with E-state index in [4.69, 9.17) is 0 Å². The average Bonchev–Trinajstić information content (AvgIpc) is 2.31. The first-order chi connectivity index (χ1) is 6.23. The van der Waals surface area contributed by atoms with Crippen molar-refractivity contribution < 1.29 is 0 Å². The lowest BCUT2D eigenvalue weighted by atomic mass is 9.72. The second-order valence-corrected chi connectivity index (χ2v) is 6.26. The number of hydrogen-bond acceptors (Lipinski definition) is 0. The molecule has 0 bridgehead atoms. The van der Waals surface area contributed by atoms with Crippen LogP contribution in [-0.2, 0) is 0 Å². The van der Waals surface area contributed by atoms with Crippen molar-refractivity contribution in [2.75, 3.05) is 0 Å². The smallest absolute Gasteiger partial charge is 0.0427 e. The van der Waals surface area contributed by atoms with E-state index in [0.717, 1.165) is 0 Å². The molecule has 0 radical (unpaired) electrons. The number of aromatic nitrogens is 1. The third kappa shape index (κ3) is 2.40. The van der Waals surface area contributed by atoms with E-state index in [0.29, 0.717) is 6.04 Å². The highest BCUT2D eigenvalue weighted by molar-refractivity contribution is 4.99.